The molecule has 8 nitrogen and oxygen atoms in total. The minimum Gasteiger partial charge on any atom is -0.507 e. The maximum atomic E-state index is 13.2. The maximum absolute atomic E-state index is 13.2. The van der Waals surface area contributed by atoms with E-state index in [1.54, 1.807) is 42.5 Å². The lowest BCUT2D eigenvalue weighted by atomic mass is 9.77. The van der Waals surface area contributed by atoms with Crippen LogP contribution in [0.4, 0.5) is 5.82 Å². The number of rotatable bonds is 3. The van der Waals surface area contributed by atoms with Crippen LogP contribution in [0.1, 0.15) is 33.0 Å². The van der Waals surface area contributed by atoms with Crippen molar-refractivity contribution in [2.75, 3.05) is 5.73 Å². The predicted molar refractivity (Wildman–Crippen MR) is 115 cm³/mol. The van der Waals surface area contributed by atoms with Crippen LogP contribution in [0.2, 0.25) is 0 Å². The lowest BCUT2D eigenvalue weighted by Crippen LogP contribution is -2.42. The van der Waals surface area contributed by atoms with E-state index in [9.17, 15) is 24.3 Å². The molecule has 0 saturated heterocycles. The topological polar surface area (TPSA) is 124 Å². The Bertz CT molecular complexity index is 1400. The van der Waals surface area contributed by atoms with Crippen LogP contribution >= 0.6 is 0 Å². The number of fused-ring (bicyclic) bond motifs is 1. The largest absolute Gasteiger partial charge is 0.507 e. The molecule has 1 unspecified atom stereocenters. The molecule has 1 aliphatic carbocycles. The molecule has 2 aromatic carbocycles. The van der Waals surface area contributed by atoms with Crippen molar-refractivity contribution in [3.8, 4) is 0 Å². The van der Waals surface area contributed by atoms with Crippen LogP contribution in [0.25, 0.3) is 5.76 Å². The number of carbonyl (C=O) groups excluding carboxylic acids is 2. The highest BCUT2D eigenvalue weighted by Crippen LogP contribution is 2.40. The summed E-state index contributed by atoms with van der Waals surface area (Å²) in [5.41, 5.74) is 5.25. The number of allylic oxidation sites excluding steroid dienone is 1. The molecule has 3 N–H and O–H groups in total. The molecule has 0 fully saturated rings. The van der Waals surface area contributed by atoms with Crippen LogP contribution in [0.3, 0.4) is 0 Å². The van der Waals surface area contributed by atoms with Gasteiger partial charge in [-0.1, -0.05) is 54.6 Å². The highest BCUT2D eigenvalue weighted by atomic mass is 16.3. The van der Waals surface area contributed by atoms with E-state index in [4.69, 9.17) is 5.73 Å². The van der Waals surface area contributed by atoms with Gasteiger partial charge in [-0.2, -0.15) is 0 Å². The van der Waals surface area contributed by atoms with E-state index in [0.29, 0.717) is 5.56 Å². The summed E-state index contributed by atoms with van der Waals surface area (Å²) < 4.78 is 1.97. The molecule has 156 valence electrons. The van der Waals surface area contributed by atoms with E-state index in [-0.39, 0.29) is 28.1 Å². The Morgan fingerprint density at radius 1 is 0.806 bits per heavy atom. The lowest BCUT2D eigenvalue weighted by Gasteiger charge is -2.26. The van der Waals surface area contributed by atoms with Crippen LogP contribution in [0.5, 0.6) is 0 Å². The van der Waals surface area contributed by atoms with Gasteiger partial charge >= 0.3 is 5.69 Å². The van der Waals surface area contributed by atoms with Crippen molar-refractivity contribution in [3.05, 3.63) is 103 Å². The van der Waals surface area contributed by atoms with Gasteiger partial charge in [0.15, 0.2) is 0 Å². The zero-order valence-corrected chi connectivity index (χ0v) is 16.8. The molecule has 3 aromatic rings. The minimum atomic E-state index is -1.16. The Morgan fingerprint density at radius 2 is 1.39 bits per heavy atom. The standard InChI is InChI=1S/C23H19N3O5/c1-25-21(24)17(22(30)26(2)23(25)31)15(12-8-4-3-5-9-12)16-18(27)13-10-6-7-11-14(13)19(28)20(16)29/h3-11,15,27H,24H2,1-2H3. The molecule has 0 amide bonds. The first-order valence-electron chi connectivity index (χ1n) is 9.47. The number of hydrogen-bond acceptors (Lipinski definition) is 6. The van der Waals surface area contributed by atoms with Gasteiger partial charge in [0.2, 0.25) is 11.6 Å². The molecule has 8 heteroatoms. The Balaban J connectivity index is 2.14. The number of benzene rings is 2. The Hall–Kier alpha value is -4.20. The molecule has 1 aliphatic rings. The number of nitrogens with zero attached hydrogens (tertiary/aromatic N) is 2. The van der Waals surface area contributed by atoms with Gasteiger partial charge in [0.1, 0.15) is 11.6 Å². The number of nitrogen functional groups attached to an aromatic ring is 1. The summed E-state index contributed by atoms with van der Waals surface area (Å²) in [6.45, 7) is 0. The van der Waals surface area contributed by atoms with E-state index in [2.05, 4.69) is 0 Å². The Morgan fingerprint density at radius 3 is 2.03 bits per heavy atom. The van der Waals surface area contributed by atoms with Crippen molar-refractivity contribution in [1.82, 2.24) is 9.13 Å². The quantitative estimate of drug-likeness (QED) is 0.623. The Kier molecular flexibility index (Phi) is 4.69. The average molecular weight is 417 g/mol. The van der Waals surface area contributed by atoms with Crippen LogP contribution in [0, 0.1) is 0 Å². The van der Waals surface area contributed by atoms with Crippen molar-refractivity contribution in [1.29, 1.82) is 0 Å². The van der Waals surface area contributed by atoms with Crippen molar-refractivity contribution >= 4 is 23.1 Å². The number of aliphatic hydroxyl groups is 1. The fraction of sp³-hybridized carbons (Fsp3) is 0.130. The Labute approximate surface area is 176 Å². The first-order valence-corrected chi connectivity index (χ1v) is 9.47. The summed E-state index contributed by atoms with van der Waals surface area (Å²) in [7, 11) is 2.70. The van der Waals surface area contributed by atoms with Gasteiger partial charge < -0.3 is 10.8 Å². The van der Waals surface area contributed by atoms with E-state index in [1.165, 1.54) is 26.2 Å². The van der Waals surface area contributed by atoms with Gasteiger partial charge in [0.05, 0.1) is 17.1 Å². The zero-order chi connectivity index (χ0) is 22.4. The van der Waals surface area contributed by atoms with Gasteiger partial charge in [0.25, 0.3) is 5.56 Å². The maximum Gasteiger partial charge on any atom is 0.332 e. The number of nitrogens with two attached hydrogens (primary N) is 1. The van der Waals surface area contributed by atoms with Crippen molar-refractivity contribution in [3.63, 3.8) is 0 Å². The van der Waals surface area contributed by atoms with Crippen LogP contribution in [0.15, 0.2) is 69.8 Å². The predicted octanol–water partition coefficient (Wildman–Crippen LogP) is 1.53. The first-order chi connectivity index (χ1) is 14.8. The number of ketones is 2. The van der Waals surface area contributed by atoms with E-state index in [1.807, 2.05) is 0 Å². The van der Waals surface area contributed by atoms with Crippen LogP contribution in [-0.4, -0.2) is 25.8 Å². The fourth-order valence-electron chi connectivity index (χ4n) is 3.93. The number of aliphatic hydroxyl groups excluding tert-OH is 1. The second-order valence-electron chi connectivity index (χ2n) is 7.31. The minimum absolute atomic E-state index is 0.0714. The summed E-state index contributed by atoms with van der Waals surface area (Å²) in [4.78, 5) is 51.4. The molecule has 0 bridgehead atoms. The lowest BCUT2D eigenvalue weighted by molar-refractivity contribution is -0.112. The van der Waals surface area contributed by atoms with Crippen molar-refractivity contribution in [2.45, 2.75) is 5.92 Å². The number of hydrogen-bond donors (Lipinski definition) is 2. The monoisotopic (exact) mass is 417 g/mol. The molecule has 0 aliphatic heterocycles. The van der Waals surface area contributed by atoms with Crippen LogP contribution < -0.4 is 17.0 Å². The normalized spacial score (nSPS) is 14.5. The molecule has 31 heavy (non-hydrogen) atoms. The first kappa shape index (κ1) is 20.1. The third-order valence-corrected chi connectivity index (χ3v) is 5.59. The van der Waals surface area contributed by atoms with Gasteiger partial charge in [-0.3, -0.25) is 23.5 Å². The third-order valence-electron chi connectivity index (χ3n) is 5.59. The van der Waals surface area contributed by atoms with Crippen LogP contribution in [-0.2, 0) is 18.9 Å². The second kappa shape index (κ2) is 7.24. The van der Waals surface area contributed by atoms with E-state index >= 15 is 0 Å². The molecule has 1 atom stereocenters. The van der Waals surface area contributed by atoms with Gasteiger partial charge in [-0.25, -0.2) is 4.79 Å². The third kappa shape index (κ3) is 2.92. The van der Waals surface area contributed by atoms with E-state index < -0.39 is 34.5 Å². The van der Waals surface area contributed by atoms with Crippen molar-refractivity contribution in [2.24, 2.45) is 14.1 Å². The molecule has 0 saturated carbocycles. The van der Waals surface area contributed by atoms with E-state index in [0.717, 1.165) is 9.13 Å². The zero-order valence-electron chi connectivity index (χ0n) is 16.8. The van der Waals surface area contributed by atoms with Gasteiger partial charge in [-0.15, -0.1) is 0 Å². The molecule has 1 aromatic heterocycles. The molecule has 1 heterocycles. The summed E-state index contributed by atoms with van der Waals surface area (Å²) in [6.07, 6.45) is 0. The molecule has 4 rings (SSSR count). The summed E-state index contributed by atoms with van der Waals surface area (Å²) >= 11 is 0. The SMILES string of the molecule is Cn1c(N)c(C(C2=C(O)c3ccccc3C(=O)C2=O)c2ccccc2)c(=O)n(C)c1=O. The summed E-state index contributed by atoms with van der Waals surface area (Å²) in [6, 6.07) is 14.7. The number of anilines is 1. The highest BCUT2D eigenvalue weighted by Gasteiger charge is 2.40. The smallest absolute Gasteiger partial charge is 0.332 e. The van der Waals surface area contributed by atoms with Crippen molar-refractivity contribution < 1.29 is 14.7 Å². The number of aromatic nitrogens is 2. The van der Waals surface area contributed by atoms with Gasteiger partial charge in [0, 0.05) is 25.2 Å². The highest BCUT2D eigenvalue weighted by molar-refractivity contribution is 6.52. The van der Waals surface area contributed by atoms with Gasteiger partial charge in [-0.05, 0) is 5.56 Å². The molecular weight excluding hydrogens is 398 g/mol. The molecule has 0 spiro atoms. The number of carbonyl (C=O) groups is 2. The molecular formula is C23H19N3O5. The number of Topliss-reactive ketones (excluding diaryl/α,β-unsaturated/α-hetero) is 2. The fourth-order valence-corrected chi connectivity index (χ4v) is 3.93. The average Bonchev–Trinajstić information content (AvgIpc) is 2.79. The molecule has 0 radical (unpaired) electrons. The summed E-state index contributed by atoms with van der Waals surface area (Å²) in [5.74, 6) is -3.42. The summed E-state index contributed by atoms with van der Waals surface area (Å²) in [5, 5.41) is 11.1. The second-order valence-corrected chi connectivity index (χ2v) is 7.31.